The Hall–Kier alpha value is -1.58. The van der Waals surface area contributed by atoms with Crippen molar-refractivity contribution in [1.82, 2.24) is 0 Å². The van der Waals surface area contributed by atoms with Gasteiger partial charge in [-0.05, 0) is 49.5 Å². The van der Waals surface area contributed by atoms with Crippen LogP contribution in [0.15, 0.2) is 35.9 Å². The molecule has 0 unspecified atom stereocenters. The molecule has 1 aromatic carbocycles. The van der Waals surface area contributed by atoms with Crippen molar-refractivity contribution in [2.75, 3.05) is 0 Å². The molecule has 2 rings (SSSR count). The van der Waals surface area contributed by atoms with Gasteiger partial charge in [0.15, 0.2) is 5.78 Å². The van der Waals surface area contributed by atoms with E-state index in [0.29, 0.717) is 5.56 Å². The molecule has 0 N–H and O–H groups in total. The van der Waals surface area contributed by atoms with E-state index in [1.807, 2.05) is 0 Å². The summed E-state index contributed by atoms with van der Waals surface area (Å²) < 4.78 is 37.2. The van der Waals surface area contributed by atoms with E-state index >= 15 is 0 Å². The van der Waals surface area contributed by atoms with E-state index in [2.05, 4.69) is 0 Å². The molecule has 0 saturated heterocycles. The molecule has 1 nitrogen and oxygen atoms in total. The van der Waals surface area contributed by atoms with Crippen LogP contribution in [0.4, 0.5) is 13.2 Å². The van der Waals surface area contributed by atoms with Gasteiger partial charge >= 0.3 is 6.18 Å². The number of allylic oxidation sites excluding steroid dienone is 2. The van der Waals surface area contributed by atoms with Crippen molar-refractivity contribution in [1.29, 1.82) is 0 Å². The Kier molecular flexibility index (Phi) is 4.63. The number of carbonyl (C=O) groups excluding carboxylic acids is 1. The lowest BCUT2D eigenvalue weighted by Gasteiger charge is -2.13. The summed E-state index contributed by atoms with van der Waals surface area (Å²) in [5.41, 5.74) is 1.11. The fourth-order valence-electron chi connectivity index (χ4n) is 2.44. The zero-order valence-electron chi connectivity index (χ0n) is 11.2. The van der Waals surface area contributed by atoms with Crippen LogP contribution in [0.1, 0.15) is 43.2 Å². The molecule has 0 aliphatic heterocycles. The monoisotopic (exact) mass is 282 g/mol. The van der Waals surface area contributed by atoms with Crippen LogP contribution in [0.25, 0.3) is 0 Å². The molecule has 1 aliphatic carbocycles. The number of hydrogen-bond acceptors (Lipinski definition) is 1. The second kappa shape index (κ2) is 6.25. The number of ketones is 1. The number of halogens is 3. The minimum atomic E-state index is -4.33. The lowest BCUT2D eigenvalue weighted by molar-refractivity contribution is -0.137. The topological polar surface area (TPSA) is 17.1 Å². The maximum Gasteiger partial charge on any atom is 0.416 e. The molecule has 108 valence electrons. The van der Waals surface area contributed by atoms with Gasteiger partial charge in [-0.1, -0.05) is 24.1 Å². The first-order valence-corrected chi connectivity index (χ1v) is 6.83. The molecule has 1 saturated carbocycles. The molecule has 4 heteroatoms. The predicted octanol–water partition coefficient (Wildman–Crippen LogP) is 4.71. The van der Waals surface area contributed by atoms with Gasteiger partial charge < -0.3 is 0 Å². The van der Waals surface area contributed by atoms with Crippen molar-refractivity contribution in [2.45, 2.75) is 44.7 Å². The zero-order valence-corrected chi connectivity index (χ0v) is 11.2. The van der Waals surface area contributed by atoms with Gasteiger partial charge in [-0.25, -0.2) is 0 Å². The summed E-state index contributed by atoms with van der Waals surface area (Å²) in [5, 5.41) is 0. The second-order valence-corrected chi connectivity index (χ2v) is 5.20. The zero-order chi connectivity index (χ0) is 14.6. The minimum absolute atomic E-state index is 0.0262. The molecule has 0 amide bonds. The van der Waals surface area contributed by atoms with Gasteiger partial charge in [-0.15, -0.1) is 0 Å². The maximum atomic E-state index is 12.4. The molecule has 1 aliphatic rings. The van der Waals surface area contributed by atoms with Crippen LogP contribution in [0.5, 0.6) is 0 Å². The fourth-order valence-corrected chi connectivity index (χ4v) is 2.44. The molecule has 0 atom stereocenters. The minimum Gasteiger partial charge on any atom is -0.294 e. The Bertz CT molecular complexity index is 489. The fraction of sp³-hybridized carbons (Fsp3) is 0.438. The maximum absolute atomic E-state index is 12.4. The summed E-state index contributed by atoms with van der Waals surface area (Å²) >= 11 is 0. The van der Waals surface area contributed by atoms with Crippen LogP contribution in [-0.2, 0) is 17.4 Å². The highest BCUT2D eigenvalue weighted by atomic mass is 19.4. The van der Waals surface area contributed by atoms with Crippen LogP contribution in [0.3, 0.4) is 0 Å². The number of hydrogen-bond donors (Lipinski definition) is 0. The van der Waals surface area contributed by atoms with E-state index in [-0.39, 0.29) is 12.2 Å². The molecule has 20 heavy (non-hydrogen) atoms. The summed E-state index contributed by atoms with van der Waals surface area (Å²) in [6.45, 7) is 0. The Balaban J connectivity index is 1.97. The summed E-state index contributed by atoms with van der Waals surface area (Å²) in [7, 11) is 0. The van der Waals surface area contributed by atoms with E-state index < -0.39 is 11.7 Å². The van der Waals surface area contributed by atoms with Gasteiger partial charge in [-0.3, -0.25) is 4.79 Å². The smallest absolute Gasteiger partial charge is 0.294 e. The average molecular weight is 282 g/mol. The van der Waals surface area contributed by atoms with Crippen LogP contribution in [-0.4, -0.2) is 5.78 Å². The molecule has 1 fully saturated rings. The van der Waals surface area contributed by atoms with Crippen LogP contribution >= 0.6 is 0 Å². The largest absolute Gasteiger partial charge is 0.416 e. The average Bonchev–Trinajstić information content (AvgIpc) is 2.39. The second-order valence-electron chi connectivity index (χ2n) is 5.20. The van der Waals surface area contributed by atoms with Gasteiger partial charge in [0.2, 0.25) is 0 Å². The number of rotatable bonds is 3. The number of alkyl halides is 3. The van der Waals surface area contributed by atoms with Crippen molar-refractivity contribution in [3.63, 3.8) is 0 Å². The Labute approximate surface area is 116 Å². The van der Waals surface area contributed by atoms with Crippen molar-refractivity contribution in [3.05, 3.63) is 47.0 Å². The SMILES string of the molecule is O=C(C=C1CCCCC1)Cc1ccc(C(F)(F)F)cc1. The Morgan fingerprint density at radius 3 is 2.20 bits per heavy atom. The van der Waals surface area contributed by atoms with Gasteiger partial charge in [-0.2, -0.15) is 13.2 Å². The van der Waals surface area contributed by atoms with Crippen molar-refractivity contribution in [3.8, 4) is 0 Å². The summed E-state index contributed by atoms with van der Waals surface area (Å²) in [6, 6.07) is 4.80. The third kappa shape index (κ3) is 4.22. The van der Waals surface area contributed by atoms with Crippen LogP contribution < -0.4 is 0 Å². The third-order valence-electron chi connectivity index (χ3n) is 3.52. The Morgan fingerprint density at radius 1 is 1.05 bits per heavy atom. The normalized spacial score (nSPS) is 16.1. The molecule has 0 bridgehead atoms. The van der Waals surface area contributed by atoms with Gasteiger partial charge in [0.25, 0.3) is 0 Å². The quantitative estimate of drug-likeness (QED) is 0.734. The van der Waals surface area contributed by atoms with E-state index in [4.69, 9.17) is 0 Å². The summed E-state index contributed by atoms with van der Waals surface area (Å²) in [5.74, 6) is -0.0262. The molecule has 0 heterocycles. The molecule has 0 aromatic heterocycles. The highest BCUT2D eigenvalue weighted by Crippen LogP contribution is 2.29. The first-order chi connectivity index (χ1) is 9.45. The standard InChI is InChI=1S/C16H17F3O/c17-16(18,19)14-8-6-13(7-9-14)11-15(20)10-12-4-2-1-3-5-12/h6-10H,1-5,11H2. The number of benzene rings is 1. The van der Waals surface area contributed by atoms with Crippen LogP contribution in [0.2, 0.25) is 0 Å². The van der Waals surface area contributed by atoms with E-state index in [9.17, 15) is 18.0 Å². The summed E-state index contributed by atoms with van der Waals surface area (Å²) in [4.78, 5) is 11.9. The van der Waals surface area contributed by atoms with Crippen molar-refractivity contribution < 1.29 is 18.0 Å². The lowest BCUT2D eigenvalue weighted by Crippen LogP contribution is -2.06. The van der Waals surface area contributed by atoms with E-state index in [1.165, 1.54) is 24.1 Å². The molecule has 0 radical (unpaired) electrons. The Morgan fingerprint density at radius 2 is 1.65 bits per heavy atom. The molecule has 1 aromatic rings. The van der Waals surface area contributed by atoms with Gasteiger partial charge in [0.05, 0.1) is 5.56 Å². The van der Waals surface area contributed by atoms with E-state index in [0.717, 1.165) is 37.8 Å². The number of carbonyl (C=O) groups is 1. The molecular formula is C16H17F3O. The van der Waals surface area contributed by atoms with Crippen LogP contribution in [0, 0.1) is 0 Å². The van der Waals surface area contributed by atoms with Gasteiger partial charge in [0.1, 0.15) is 0 Å². The molecular weight excluding hydrogens is 265 g/mol. The lowest BCUT2D eigenvalue weighted by atomic mass is 9.93. The van der Waals surface area contributed by atoms with E-state index in [1.54, 1.807) is 6.08 Å². The first kappa shape index (κ1) is 14.8. The van der Waals surface area contributed by atoms with Crippen molar-refractivity contribution in [2.24, 2.45) is 0 Å². The highest BCUT2D eigenvalue weighted by molar-refractivity contribution is 5.92. The molecule has 0 spiro atoms. The third-order valence-corrected chi connectivity index (χ3v) is 3.52. The van der Waals surface area contributed by atoms with Crippen molar-refractivity contribution >= 4 is 5.78 Å². The first-order valence-electron chi connectivity index (χ1n) is 6.83. The van der Waals surface area contributed by atoms with Gasteiger partial charge in [0, 0.05) is 6.42 Å². The predicted molar refractivity (Wildman–Crippen MR) is 71.3 cm³/mol. The summed E-state index contributed by atoms with van der Waals surface area (Å²) in [6.07, 6.45) is 2.92. The highest BCUT2D eigenvalue weighted by Gasteiger charge is 2.29.